The van der Waals surface area contributed by atoms with E-state index in [9.17, 15) is 0 Å². The van der Waals surface area contributed by atoms with Crippen LogP contribution >= 0.6 is 0 Å². The standard InChI is InChI=1S/C7H11N3O/c1-4(8)6-9-7(11-10-6)5-2-3-5/h4-5H,2-3,8H2,1H3. The van der Waals surface area contributed by atoms with Gasteiger partial charge < -0.3 is 10.3 Å². The second-order valence-electron chi connectivity index (χ2n) is 3.05. The predicted octanol–water partition coefficient (Wildman–Crippen LogP) is 0.967. The number of hydrogen-bond acceptors (Lipinski definition) is 4. The lowest BCUT2D eigenvalue weighted by Crippen LogP contribution is -2.06. The van der Waals surface area contributed by atoms with Crippen molar-refractivity contribution in [3.8, 4) is 0 Å². The van der Waals surface area contributed by atoms with E-state index in [0.717, 1.165) is 5.89 Å². The van der Waals surface area contributed by atoms with Crippen LogP contribution in [0.3, 0.4) is 0 Å². The third-order valence-electron chi connectivity index (χ3n) is 1.79. The van der Waals surface area contributed by atoms with Gasteiger partial charge in [0.1, 0.15) is 0 Å². The van der Waals surface area contributed by atoms with Crippen molar-refractivity contribution in [3.63, 3.8) is 0 Å². The van der Waals surface area contributed by atoms with Crippen LogP contribution in [0.25, 0.3) is 0 Å². The maximum absolute atomic E-state index is 5.56. The Labute approximate surface area is 64.8 Å². The van der Waals surface area contributed by atoms with Crippen molar-refractivity contribution in [2.45, 2.75) is 31.7 Å². The number of rotatable bonds is 2. The van der Waals surface area contributed by atoms with E-state index >= 15 is 0 Å². The molecule has 11 heavy (non-hydrogen) atoms. The molecular formula is C7H11N3O. The minimum absolute atomic E-state index is 0.119. The van der Waals surface area contributed by atoms with Gasteiger partial charge in [0.05, 0.1) is 6.04 Å². The van der Waals surface area contributed by atoms with Crippen LogP contribution in [-0.4, -0.2) is 10.1 Å². The molecule has 1 heterocycles. The third kappa shape index (κ3) is 1.26. The Hall–Kier alpha value is -0.900. The topological polar surface area (TPSA) is 64.9 Å². The molecule has 0 spiro atoms. The highest BCUT2D eigenvalue weighted by molar-refractivity contribution is 5.02. The van der Waals surface area contributed by atoms with Crippen molar-refractivity contribution in [2.75, 3.05) is 0 Å². The summed E-state index contributed by atoms with van der Waals surface area (Å²) >= 11 is 0. The number of nitrogens with zero attached hydrogens (tertiary/aromatic N) is 2. The lowest BCUT2D eigenvalue weighted by molar-refractivity contribution is 0.371. The van der Waals surface area contributed by atoms with Gasteiger partial charge in [0, 0.05) is 5.92 Å². The number of nitrogens with two attached hydrogens (primary N) is 1. The van der Waals surface area contributed by atoms with Gasteiger partial charge in [0.25, 0.3) is 0 Å². The molecule has 0 aromatic carbocycles. The average Bonchev–Trinajstić information content (AvgIpc) is 2.68. The zero-order valence-electron chi connectivity index (χ0n) is 6.45. The molecule has 0 bridgehead atoms. The van der Waals surface area contributed by atoms with E-state index < -0.39 is 0 Å². The van der Waals surface area contributed by atoms with Crippen molar-refractivity contribution in [2.24, 2.45) is 5.73 Å². The summed E-state index contributed by atoms with van der Waals surface area (Å²) in [5, 5.41) is 3.77. The largest absolute Gasteiger partial charge is 0.339 e. The molecule has 0 radical (unpaired) electrons. The van der Waals surface area contributed by atoms with Crippen LogP contribution in [0.2, 0.25) is 0 Å². The van der Waals surface area contributed by atoms with Gasteiger partial charge >= 0.3 is 0 Å². The van der Waals surface area contributed by atoms with Crippen molar-refractivity contribution < 1.29 is 4.52 Å². The third-order valence-corrected chi connectivity index (χ3v) is 1.79. The Kier molecular flexibility index (Phi) is 1.42. The summed E-state index contributed by atoms with van der Waals surface area (Å²) < 4.78 is 5.01. The van der Waals surface area contributed by atoms with Crippen LogP contribution in [-0.2, 0) is 0 Å². The van der Waals surface area contributed by atoms with Crippen LogP contribution < -0.4 is 5.73 Å². The van der Waals surface area contributed by atoms with Crippen molar-refractivity contribution >= 4 is 0 Å². The highest BCUT2D eigenvalue weighted by atomic mass is 16.5. The van der Waals surface area contributed by atoms with Crippen molar-refractivity contribution in [3.05, 3.63) is 11.7 Å². The van der Waals surface area contributed by atoms with Gasteiger partial charge in [-0.3, -0.25) is 0 Å². The fourth-order valence-corrected chi connectivity index (χ4v) is 0.928. The molecule has 1 aliphatic carbocycles. The monoisotopic (exact) mass is 153 g/mol. The molecule has 1 atom stereocenters. The molecule has 1 aromatic rings. The highest BCUT2D eigenvalue weighted by Gasteiger charge is 2.29. The Balaban J connectivity index is 2.18. The molecule has 4 heteroatoms. The van der Waals surface area contributed by atoms with E-state index in [1.807, 2.05) is 6.92 Å². The average molecular weight is 153 g/mol. The molecule has 60 valence electrons. The minimum atomic E-state index is -0.119. The summed E-state index contributed by atoms with van der Waals surface area (Å²) in [5.74, 6) is 1.90. The van der Waals surface area contributed by atoms with E-state index in [2.05, 4.69) is 10.1 Å². The molecule has 1 aliphatic rings. The summed E-state index contributed by atoms with van der Waals surface area (Å²) in [6, 6.07) is -0.119. The Morgan fingerprint density at radius 1 is 1.64 bits per heavy atom. The normalized spacial score (nSPS) is 20.2. The summed E-state index contributed by atoms with van der Waals surface area (Å²) in [5.41, 5.74) is 5.56. The van der Waals surface area contributed by atoms with Gasteiger partial charge in [-0.1, -0.05) is 5.16 Å². The molecule has 1 unspecified atom stereocenters. The quantitative estimate of drug-likeness (QED) is 0.687. The van der Waals surface area contributed by atoms with Gasteiger partial charge in [-0.25, -0.2) is 0 Å². The van der Waals surface area contributed by atoms with Crippen LogP contribution in [0.4, 0.5) is 0 Å². The van der Waals surface area contributed by atoms with E-state index in [1.165, 1.54) is 12.8 Å². The number of aromatic nitrogens is 2. The molecule has 0 saturated heterocycles. The van der Waals surface area contributed by atoms with Gasteiger partial charge in [-0.15, -0.1) is 0 Å². The molecule has 4 nitrogen and oxygen atoms in total. The summed E-state index contributed by atoms with van der Waals surface area (Å²) in [4.78, 5) is 4.17. The Bertz CT molecular complexity index is 235. The molecule has 1 saturated carbocycles. The first kappa shape index (κ1) is 6.79. The predicted molar refractivity (Wildman–Crippen MR) is 38.9 cm³/mol. The summed E-state index contributed by atoms with van der Waals surface area (Å²) in [6.07, 6.45) is 2.36. The fourth-order valence-electron chi connectivity index (χ4n) is 0.928. The van der Waals surface area contributed by atoms with Gasteiger partial charge in [0.15, 0.2) is 5.82 Å². The lowest BCUT2D eigenvalue weighted by Gasteiger charge is -1.92. The van der Waals surface area contributed by atoms with Gasteiger partial charge in [0.2, 0.25) is 5.89 Å². The van der Waals surface area contributed by atoms with Crippen molar-refractivity contribution in [1.82, 2.24) is 10.1 Å². The smallest absolute Gasteiger partial charge is 0.229 e. The van der Waals surface area contributed by atoms with Gasteiger partial charge in [-0.2, -0.15) is 4.98 Å². The maximum Gasteiger partial charge on any atom is 0.229 e. The molecule has 0 aliphatic heterocycles. The highest BCUT2D eigenvalue weighted by Crippen LogP contribution is 2.38. The van der Waals surface area contributed by atoms with E-state index in [4.69, 9.17) is 10.3 Å². The minimum Gasteiger partial charge on any atom is -0.339 e. The van der Waals surface area contributed by atoms with Crippen LogP contribution in [0, 0.1) is 0 Å². The van der Waals surface area contributed by atoms with Crippen LogP contribution in [0.5, 0.6) is 0 Å². The second-order valence-corrected chi connectivity index (χ2v) is 3.05. The number of hydrogen-bond donors (Lipinski definition) is 1. The fraction of sp³-hybridized carbons (Fsp3) is 0.714. The van der Waals surface area contributed by atoms with E-state index in [0.29, 0.717) is 11.7 Å². The Morgan fingerprint density at radius 3 is 2.82 bits per heavy atom. The summed E-state index contributed by atoms with van der Waals surface area (Å²) in [6.45, 7) is 1.85. The first-order chi connectivity index (χ1) is 5.27. The first-order valence-electron chi connectivity index (χ1n) is 3.86. The van der Waals surface area contributed by atoms with Crippen LogP contribution in [0.15, 0.2) is 4.52 Å². The Morgan fingerprint density at radius 2 is 2.36 bits per heavy atom. The SMILES string of the molecule is CC(N)c1noc(C2CC2)n1. The van der Waals surface area contributed by atoms with E-state index in [-0.39, 0.29) is 6.04 Å². The first-order valence-corrected chi connectivity index (χ1v) is 3.86. The zero-order valence-corrected chi connectivity index (χ0v) is 6.45. The molecular weight excluding hydrogens is 142 g/mol. The maximum atomic E-state index is 5.56. The zero-order chi connectivity index (χ0) is 7.84. The molecule has 2 N–H and O–H groups in total. The molecule has 0 amide bonds. The van der Waals surface area contributed by atoms with Crippen molar-refractivity contribution in [1.29, 1.82) is 0 Å². The molecule has 1 aromatic heterocycles. The molecule has 2 rings (SSSR count). The van der Waals surface area contributed by atoms with Crippen LogP contribution in [0.1, 0.15) is 43.4 Å². The van der Waals surface area contributed by atoms with E-state index in [1.54, 1.807) is 0 Å². The lowest BCUT2D eigenvalue weighted by atomic mass is 10.3. The molecule has 1 fully saturated rings. The summed E-state index contributed by atoms with van der Waals surface area (Å²) in [7, 11) is 0. The van der Waals surface area contributed by atoms with Gasteiger partial charge in [-0.05, 0) is 19.8 Å². The second kappa shape index (κ2) is 2.30.